The number of nitriles is 1. The van der Waals surface area contributed by atoms with Crippen molar-refractivity contribution in [2.24, 2.45) is 5.92 Å². The van der Waals surface area contributed by atoms with Crippen molar-refractivity contribution in [3.63, 3.8) is 0 Å². The summed E-state index contributed by atoms with van der Waals surface area (Å²) in [5.74, 6) is 1.21. The summed E-state index contributed by atoms with van der Waals surface area (Å²) in [4.78, 5) is 10.2. The first-order valence-corrected chi connectivity index (χ1v) is 7.45. The van der Waals surface area contributed by atoms with Gasteiger partial charge in [0.25, 0.3) is 0 Å². The van der Waals surface area contributed by atoms with E-state index < -0.39 is 0 Å². The van der Waals surface area contributed by atoms with Gasteiger partial charge in [-0.25, -0.2) is 4.98 Å². The van der Waals surface area contributed by atoms with Crippen LogP contribution in [-0.4, -0.2) is 28.0 Å². The minimum atomic E-state index is 0.230. The summed E-state index contributed by atoms with van der Waals surface area (Å²) in [7, 11) is 2.12. The second-order valence-corrected chi connectivity index (χ2v) is 5.82. The predicted octanol–water partition coefficient (Wildman–Crippen LogP) is 3.20. The maximum absolute atomic E-state index is 9.00. The van der Waals surface area contributed by atoms with Gasteiger partial charge in [-0.2, -0.15) is 5.26 Å². The number of aromatic nitrogens is 2. The van der Waals surface area contributed by atoms with Crippen LogP contribution in [0.2, 0.25) is 0 Å². The van der Waals surface area contributed by atoms with Crippen molar-refractivity contribution in [3.8, 4) is 17.3 Å². The Morgan fingerprint density at radius 3 is 2.86 bits per heavy atom. The van der Waals surface area contributed by atoms with Gasteiger partial charge in [0.05, 0.1) is 24.5 Å². The van der Waals surface area contributed by atoms with Gasteiger partial charge in [-0.05, 0) is 31.9 Å². The van der Waals surface area contributed by atoms with Crippen LogP contribution in [0.4, 0.5) is 0 Å². The number of aromatic amines is 1. The third kappa shape index (κ3) is 3.14. The topological polar surface area (TPSA) is 55.7 Å². The number of nitrogens with one attached hydrogen (secondary N) is 1. The maximum Gasteiger partial charge on any atom is 0.120 e. The Labute approximate surface area is 125 Å². The molecule has 4 heteroatoms. The third-order valence-electron chi connectivity index (χ3n) is 4.32. The van der Waals surface area contributed by atoms with Crippen LogP contribution in [0.5, 0.6) is 0 Å². The summed E-state index contributed by atoms with van der Waals surface area (Å²) in [5, 5.41) is 9.00. The second kappa shape index (κ2) is 6.11. The minimum Gasteiger partial charge on any atom is -0.341 e. The molecule has 0 bridgehead atoms. The third-order valence-corrected chi connectivity index (χ3v) is 4.32. The molecule has 1 aliphatic rings. The Morgan fingerprint density at radius 2 is 2.14 bits per heavy atom. The molecule has 2 unspecified atom stereocenters. The van der Waals surface area contributed by atoms with Gasteiger partial charge < -0.3 is 4.98 Å². The largest absolute Gasteiger partial charge is 0.341 e. The fraction of sp³-hybridized carbons (Fsp3) is 0.412. The zero-order valence-electron chi connectivity index (χ0n) is 12.3. The minimum absolute atomic E-state index is 0.230. The highest BCUT2D eigenvalue weighted by atomic mass is 15.2. The molecule has 2 aromatic rings. The van der Waals surface area contributed by atoms with Gasteiger partial charge in [-0.15, -0.1) is 0 Å². The van der Waals surface area contributed by atoms with Crippen LogP contribution in [0, 0.1) is 17.2 Å². The molecule has 1 heterocycles. The summed E-state index contributed by atoms with van der Waals surface area (Å²) in [6, 6.07) is 13.1. The number of hydrogen-bond acceptors (Lipinski definition) is 3. The predicted molar refractivity (Wildman–Crippen MR) is 82.2 cm³/mol. The lowest BCUT2D eigenvalue weighted by molar-refractivity contribution is 0.230. The Hall–Kier alpha value is -2.12. The lowest BCUT2D eigenvalue weighted by Crippen LogP contribution is -2.29. The van der Waals surface area contributed by atoms with Crippen LogP contribution in [0.15, 0.2) is 36.5 Å². The Morgan fingerprint density at radius 1 is 1.33 bits per heavy atom. The molecule has 1 aromatic carbocycles. The van der Waals surface area contributed by atoms with E-state index in [1.807, 2.05) is 24.4 Å². The Bertz CT molecular complexity index is 626. The van der Waals surface area contributed by atoms with Gasteiger partial charge >= 0.3 is 0 Å². The first-order chi connectivity index (χ1) is 10.3. The fourth-order valence-electron chi connectivity index (χ4n) is 3.05. The number of H-pyrrole nitrogens is 1. The van der Waals surface area contributed by atoms with Crippen LogP contribution in [0.1, 0.15) is 25.1 Å². The highest BCUT2D eigenvalue weighted by molar-refractivity contribution is 5.57. The number of benzene rings is 1. The molecule has 2 atom stereocenters. The van der Waals surface area contributed by atoms with Crippen molar-refractivity contribution in [2.75, 3.05) is 7.05 Å². The van der Waals surface area contributed by atoms with E-state index >= 15 is 0 Å². The van der Waals surface area contributed by atoms with Gasteiger partial charge in [0.15, 0.2) is 0 Å². The summed E-state index contributed by atoms with van der Waals surface area (Å²) >= 11 is 0. The standard InChI is InChI=1S/C17H20N4/c1-21(15-8-7-13(9-15)10-18)12-17-19-11-16(20-17)14-5-3-2-4-6-14/h2-6,11,13,15H,7-9,12H2,1H3,(H,19,20). The molecule has 4 nitrogen and oxygen atoms in total. The average Bonchev–Trinajstić information content (AvgIpc) is 3.17. The van der Waals surface area contributed by atoms with E-state index in [0.29, 0.717) is 6.04 Å². The maximum atomic E-state index is 9.00. The highest BCUT2D eigenvalue weighted by Gasteiger charge is 2.27. The van der Waals surface area contributed by atoms with Crippen LogP contribution in [0.25, 0.3) is 11.3 Å². The SMILES string of the molecule is CN(Cc1ncc(-c2ccccc2)[nH]1)C1CCC(C#N)C1. The van der Waals surface area contributed by atoms with E-state index in [0.717, 1.165) is 42.9 Å². The van der Waals surface area contributed by atoms with Gasteiger partial charge in [-0.1, -0.05) is 30.3 Å². The molecule has 3 rings (SSSR count). The zero-order valence-corrected chi connectivity index (χ0v) is 12.3. The molecule has 0 spiro atoms. The van der Waals surface area contributed by atoms with Gasteiger partial charge in [0.2, 0.25) is 0 Å². The smallest absolute Gasteiger partial charge is 0.120 e. The number of nitrogens with zero attached hydrogens (tertiary/aromatic N) is 3. The van der Waals surface area contributed by atoms with Gasteiger partial charge in [-0.3, -0.25) is 4.90 Å². The first kappa shape index (κ1) is 13.8. The molecule has 1 saturated carbocycles. The van der Waals surface area contributed by atoms with Crippen molar-refractivity contribution in [2.45, 2.75) is 31.8 Å². The molecule has 1 aromatic heterocycles. The summed E-state index contributed by atoms with van der Waals surface area (Å²) in [6.45, 7) is 0.801. The van der Waals surface area contributed by atoms with Gasteiger partial charge in [0.1, 0.15) is 5.82 Å². The number of imidazole rings is 1. The van der Waals surface area contributed by atoms with E-state index in [1.54, 1.807) is 0 Å². The van der Waals surface area contributed by atoms with Crippen LogP contribution in [-0.2, 0) is 6.54 Å². The van der Waals surface area contributed by atoms with E-state index in [-0.39, 0.29) is 5.92 Å². The second-order valence-electron chi connectivity index (χ2n) is 5.82. The molecule has 0 radical (unpaired) electrons. The lowest BCUT2D eigenvalue weighted by Gasteiger charge is -2.22. The van der Waals surface area contributed by atoms with Crippen LogP contribution >= 0.6 is 0 Å². The molecule has 1 N–H and O–H groups in total. The highest BCUT2D eigenvalue weighted by Crippen LogP contribution is 2.28. The molecular formula is C17H20N4. The van der Waals surface area contributed by atoms with Crippen LogP contribution in [0.3, 0.4) is 0 Å². The summed E-state index contributed by atoms with van der Waals surface area (Å²) in [5.41, 5.74) is 2.21. The molecule has 108 valence electrons. The van der Waals surface area contributed by atoms with E-state index in [2.05, 4.69) is 40.1 Å². The lowest BCUT2D eigenvalue weighted by atomic mass is 10.1. The molecule has 0 saturated heterocycles. The molecule has 1 fully saturated rings. The van der Waals surface area contributed by atoms with E-state index in [9.17, 15) is 0 Å². The summed E-state index contributed by atoms with van der Waals surface area (Å²) < 4.78 is 0. The first-order valence-electron chi connectivity index (χ1n) is 7.45. The van der Waals surface area contributed by atoms with Crippen molar-refractivity contribution in [3.05, 3.63) is 42.4 Å². The zero-order chi connectivity index (χ0) is 14.7. The Kier molecular flexibility index (Phi) is 4.03. The van der Waals surface area contributed by atoms with Crippen molar-refractivity contribution in [1.82, 2.24) is 14.9 Å². The van der Waals surface area contributed by atoms with E-state index in [1.165, 1.54) is 0 Å². The number of hydrogen-bond donors (Lipinski definition) is 1. The fourth-order valence-corrected chi connectivity index (χ4v) is 3.05. The monoisotopic (exact) mass is 280 g/mol. The molecule has 0 amide bonds. The molecule has 1 aliphatic carbocycles. The normalized spacial score (nSPS) is 21.6. The van der Waals surface area contributed by atoms with Crippen molar-refractivity contribution in [1.29, 1.82) is 5.26 Å². The van der Waals surface area contributed by atoms with Crippen molar-refractivity contribution < 1.29 is 0 Å². The van der Waals surface area contributed by atoms with E-state index in [4.69, 9.17) is 5.26 Å². The molecular weight excluding hydrogens is 260 g/mol. The molecule has 21 heavy (non-hydrogen) atoms. The molecule has 0 aliphatic heterocycles. The van der Waals surface area contributed by atoms with Crippen LogP contribution < -0.4 is 0 Å². The Balaban J connectivity index is 1.64. The van der Waals surface area contributed by atoms with Gasteiger partial charge in [0, 0.05) is 12.0 Å². The van der Waals surface area contributed by atoms with Crippen molar-refractivity contribution >= 4 is 0 Å². The average molecular weight is 280 g/mol. The summed E-state index contributed by atoms with van der Waals surface area (Å²) in [6.07, 6.45) is 5.02. The number of rotatable bonds is 4. The quantitative estimate of drug-likeness (QED) is 0.935.